The van der Waals surface area contributed by atoms with Crippen LogP contribution in [0.4, 0.5) is 4.39 Å². The van der Waals surface area contributed by atoms with Crippen molar-refractivity contribution in [2.45, 2.75) is 24.3 Å². The highest BCUT2D eigenvalue weighted by atomic mass is 35.5. The second-order valence-corrected chi connectivity index (χ2v) is 8.64. The standard InChI is InChI=1S/C19H20ClFN2O3S/c1-19(2,16-10-7-14(21)12-17(16)20)23-18(24)11-6-13-4-8-15(9-5-13)27(25,26)22-3/h4-12,22H,1-3H3,(H,23,24). The average Bonchev–Trinajstić information content (AvgIpc) is 2.59. The molecule has 0 aliphatic carbocycles. The van der Waals surface area contributed by atoms with E-state index in [0.717, 1.165) is 0 Å². The van der Waals surface area contributed by atoms with Crippen molar-refractivity contribution in [3.8, 4) is 0 Å². The van der Waals surface area contributed by atoms with Crippen LogP contribution in [0.1, 0.15) is 25.0 Å². The molecule has 27 heavy (non-hydrogen) atoms. The molecule has 0 aromatic heterocycles. The highest BCUT2D eigenvalue weighted by Crippen LogP contribution is 2.28. The third-order valence-electron chi connectivity index (χ3n) is 3.93. The van der Waals surface area contributed by atoms with Crippen LogP contribution in [0.2, 0.25) is 5.02 Å². The van der Waals surface area contributed by atoms with E-state index in [1.54, 1.807) is 32.1 Å². The fourth-order valence-electron chi connectivity index (χ4n) is 2.46. The molecule has 144 valence electrons. The monoisotopic (exact) mass is 410 g/mol. The van der Waals surface area contributed by atoms with Crippen molar-refractivity contribution >= 4 is 33.6 Å². The lowest BCUT2D eigenvalue weighted by atomic mass is 9.94. The van der Waals surface area contributed by atoms with Gasteiger partial charge in [0, 0.05) is 11.1 Å². The normalized spacial score (nSPS) is 12.3. The summed E-state index contributed by atoms with van der Waals surface area (Å²) in [4.78, 5) is 12.4. The molecule has 2 aromatic rings. The summed E-state index contributed by atoms with van der Waals surface area (Å²) in [7, 11) is -2.16. The van der Waals surface area contributed by atoms with E-state index in [1.165, 1.54) is 43.5 Å². The number of amides is 1. The lowest BCUT2D eigenvalue weighted by Gasteiger charge is -2.27. The summed E-state index contributed by atoms with van der Waals surface area (Å²) in [5, 5.41) is 3.04. The quantitative estimate of drug-likeness (QED) is 0.716. The van der Waals surface area contributed by atoms with Crippen LogP contribution in [0.5, 0.6) is 0 Å². The van der Waals surface area contributed by atoms with E-state index in [4.69, 9.17) is 11.6 Å². The van der Waals surface area contributed by atoms with Crippen LogP contribution in [0, 0.1) is 5.82 Å². The van der Waals surface area contributed by atoms with E-state index in [-0.39, 0.29) is 15.8 Å². The molecule has 0 radical (unpaired) electrons. The Morgan fingerprint density at radius 1 is 1.15 bits per heavy atom. The van der Waals surface area contributed by atoms with E-state index in [0.29, 0.717) is 11.1 Å². The first-order valence-corrected chi connectivity index (χ1v) is 9.90. The van der Waals surface area contributed by atoms with Crippen LogP contribution >= 0.6 is 11.6 Å². The summed E-state index contributed by atoms with van der Waals surface area (Å²) in [5.74, 6) is -0.818. The number of rotatable bonds is 6. The fraction of sp³-hybridized carbons (Fsp3) is 0.211. The molecule has 0 heterocycles. The summed E-state index contributed by atoms with van der Waals surface area (Å²) in [5.41, 5.74) is 0.448. The van der Waals surface area contributed by atoms with Gasteiger partial charge in [-0.15, -0.1) is 0 Å². The van der Waals surface area contributed by atoms with E-state index < -0.39 is 21.4 Å². The average molecular weight is 411 g/mol. The summed E-state index contributed by atoms with van der Waals surface area (Å²) in [6.07, 6.45) is 2.90. The SMILES string of the molecule is CNS(=O)(=O)c1ccc(C=CC(=O)NC(C)(C)c2ccc(F)cc2Cl)cc1. The van der Waals surface area contributed by atoms with Crippen molar-refractivity contribution in [3.63, 3.8) is 0 Å². The predicted octanol–water partition coefficient (Wildman–Crippen LogP) is 3.45. The zero-order valence-electron chi connectivity index (χ0n) is 15.1. The first kappa shape index (κ1) is 21.1. The van der Waals surface area contributed by atoms with E-state index in [9.17, 15) is 17.6 Å². The number of halogens is 2. The van der Waals surface area contributed by atoms with Crippen molar-refractivity contribution in [1.82, 2.24) is 10.0 Å². The second-order valence-electron chi connectivity index (χ2n) is 6.35. The first-order valence-electron chi connectivity index (χ1n) is 8.04. The molecule has 0 aliphatic rings. The van der Waals surface area contributed by atoms with Gasteiger partial charge in [-0.2, -0.15) is 0 Å². The number of hydrogen-bond donors (Lipinski definition) is 2. The van der Waals surface area contributed by atoms with Crippen molar-refractivity contribution in [1.29, 1.82) is 0 Å². The van der Waals surface area contributed by atoms with Crippen LogP contribution in [-0.4, -0.2) is 21.4 Å². The van der Waals surface area contributed by atoms with Gasteiger partial charge in [0.2, 0.25) is 15.9 Å². The van der Waals surface area contributed by atoms with Crippen LogP contribution in [0.15, 0.2) is 53.4 Å². The molecule has 0 saturated carbocycles. The molecule has 0 saturated heterocycles. The van der Waals surface area contributed by atoms with Gasteiger partial charge in [-0.25, -0.2) is 17.5 Å². The largest absolute Gasteiger partial charge is 0.344 e. The van der Waals surface area contributed by atoms with Crippen molar-refractivity contribution < 1.29 is 17.6 Å². The minimum Gasteiger partial charge on any atom is -0.344 e. The molecule has 0 fully saturated rings. The summed E-state index contributed by atoms with van der Waals surface area (Å²) in [6, 6.07) is 10.1. The van der Waals surface area contributed by atoms with Gasteiger partial charge >= 0.3 is 0 Å². The van der Waals surface area contributed by atoms with Crippen molar-refractivity contribution in [2.75, 3.05) is 7.05 Å². The molecule has 2 N–H and O–H groups in total. The Labute approximate surface area is 163 Å². The zero-order chi connectivity index (χ0) is 20.2. The van der Waals surface area contributed by atoms with Crippen LogP contribution in [0.25, 0.3) is 6.08 Å². The van der Waals surface area contributed by atoms with Gasteiger partial charge < -0.3 is 5.32 Å². The minimum absolute atomic E-state index is 0.138. The number of benzene rings is 2. The fourth-order valence-corrected chi connectivity index (χ4v) is 3.59. The molecule has 2 aromatic carbocycles. The van der Waals surface area contributed by atoms with Crippen LogP contribution < -0.4 is 10.0 Å². The molecular formula is C19H20ClFN2O3S. The molecule has 5 nitrogen and oxygen atoms in total. The maximum absolute atomic E-state index is 13.2. The van der Waals surface area contributed by atoms with Gasteiger partial charge in [-0.3, -0.25) is 4.79 Å². The smallest absolute Gasteiger partial charge is 0.244 e. The Bertz CT molecular complexity index is 971. The minimum atomic E-state index is -3.50. The molecule has 0 spiro atoms. The van der Waals surface area contributed by atoms with Crippen molar-refractivity contribution in [3.05, 3.63) is 70.5 Å². The Hall–Kier alpha value is -2.22. The van der Waals surface area contributed by atoms with E-state index in [1.807, 2.05) is 0 Å². The molecule has 0 bridgehead atoms. The van der Waals surface area contributed by atoms with Crippen LogP contribution in [-0.2, 0) is 20.4 Å². The highest BCUT2D eigenvalue weighted by Gasteiger charge is 2.24. The van der Waals surface area contributed by atoms with Gasteiger partial charge in [0.15, 0.2) is 0 Å². The molecule has 2 rings (SSSR count). The molecule has 0 atom stereocenters. The zero-order valence-corrected chi connectivity index (χ0v) is 16.7. The number of carbonyl (C=O) groups is 1. The number of hydrogen-bond acceptors (Lipinski definition) is 3. The van der Waals surface area contributed by atoms with E-state index in [2.05, 4.69) is 10.0 Å². The number of sulfonamides is 1. The van der Waals surface area contributed by atoms with Gasteiger partial charge in [0.1, 0.15) is 5.82 Å². The maximum Gasteiger partial charge on any atom is 0.244 e. The van der Waals surface area contributed by atoms with Crippen LogP contribution in [0.3, 0.4) is 0 Å². The molecule has 0 aliphatic heterocycles. The Morgan fingerprint density at radius 2 is 1.78 bits per heavy atom. The molecule has 1 amide bonds. The Kier molecular flexibility index (Phi) is 6.41. The Morgan fingerprint density at radius 3 is 2.33 bits per heavy atom. The van der Waals surface area contributed by atoms with Gasteiger partial charge in [0.25, 0.3) is 0 Å². The molecule has 0 unspecified atom stereocenters. The van der Waals surface area contributed by atoms with Gasteiger partial charge in [-0.1, -0.05) is 29.8 Å². The maximum atomic E-state index is 13.2. The van der Waals surface area contributed by atoms with E-state index >= 15 is 0 Å². The molecule has 8 heteroatoms. The summed E-state index contributed by atoms with van der Waals surface area (Å²) < 4.78 is 38.8. The summed E-state index contributed by atoms with van der Waals surface area (Å²) >= 11 is 6.07. The Balaban J connectivity index is 2.10. The lowest BCUT2D eigenvalue weighted by Crippen LogP contribution is -2.40. The number of carbonyl (C=O) groups excluding carboxylic acids is 1. The molecular weight excluding hydrogens is 391 g/mol. The van der Waals surface area contributed by atoms with Gasteiger partial charge in [-0.05, 0) is 62.4 Å². The lowest BCUT2D eigenvalue weighted by molar-refractivity contribution is -0.118. The highest BCUT2D eigenvalue weighted by molar-refractivity contribution is 7.89. The van der Waals surface area contributed by atoms with Crippen molar-refractivity contribution in [2.24, 2.45) is 0 Å². The number of nitrogens with one attached hydrogen (secondary N) is 2. The summed E-state index contributed by atoms with van der Waals surface area (Å²) in [6.45, 7) is 3.52. The third kappa shape index (κ3) is 5.38. The predicted molar refractivity (Wildman–Crippen MR) is 104 cm³/mol. The van der Waals surface area contributed by atoms with Gasteiger partial charge in [0.05, 0.1) is 10.4 Å². The third-order valence-corrected chi connectivity index (χ3v) is 5.67. The second kappa shape index (κ2) is 8.21. The first-order chi connectivity index (χ1) is 12.5. The topological polar surface area (TPSA) is 75.3 Å².